The zero-order valence-corrected chi connectivity index (χ0v) is 13.1. The van der Waals surface area contributed by atoms with Crippen LogP contribution in [0.3, 0.4) is 0 Å². The smallest absolute Gasteiger partial charge is 0.141 e. The summed E-state index contributed by atoms with van der Waals surface area (Å²) in [6.45, 7) is 0. The van der Waals surface area contributed by atoms with Gasteiger partial charge in [0.2, 0.25) is 0 Å². The second kappa shape index (κ2) is 6.56. The van der Waals surface area contributed by atoms with E-state index in [0.29, 0.717) is 22.0 Å². The molecule has 0 bridgehead atoms. The summed E-state index contributed by atoms with van der Waals surface area (Å²) in [6.07, 6.45) is 0.642. The number of ketones is 1. The standard InChI is InChI=1S/C15H11BrCl2O/c16-11-6-4-10(5-7-11)8-12(19)9-13-14(17)2-1-3-15(13)18/h1-7H,8-9H2. The highest BCUT2D eigenvalue weighted by Gasteiger charge is 2.11. The Morgan fingerprint density at radius 1 is 0.947 bits per heavy atom. The Morgan fingerprint density at radius 2 is 1.53 bits per heavy atom. The van der Waals surface area contributed by atoms with Crippen molar-refractivity contribution < 1.29 is 4.79 Å². The summed E-state index contributed by atoms with van der Waals surface area (Å²) >= 11 is 15.5. The SMILES string of the molecule is O=C(Cc1ccc(Br)cc1)Cc1c(Cl)cccc1Cl. The molecule has 0 amide bonds. The van der Waals surface area contributed by atoms with E-state index >= 15 is 0 Å². The first-order valence-electron chi connectivity index (χ1n) is 5.75. The monoisotopic (exact) mass is 356 g/mol. The van der Waals surface area contributed by atoms with E-state index in [0.717, 1.165) is 10.0 Å². The number of hydrogen-bond acceptors (Lipinski definition) is 1. The van der Waals surface area contributed by atoms with Crippen LogP contribution in [0.15, 0.2) is 46.9 Å². The van der Waals surface area contributed by atoms with Crippen molar-refractivity contribution in [2.45, 2.75) is 12.8 Å². The lowest BCUT2D eigenvalue weighted by Crippen LogP contribution is -2.07. The summed E-state index contributed by atoms with van der Waals surface area (Å²) in [5, 5.41) is 1.08. The van der Waals surface area contributed by atoms with Crippen LogP contribution in [0.1, 0.15) is 11.1 Å². The molecule has 0 unspecified atom stereocenters. The molecule has 4 heteroatoms. The van der Waals surface area contributed by atoms with Gasteiger partial charge in [0.25, 0.3) is 0 Å². The first-order valence-corrected chi connectivity index (χ1v) is 7.30. The van der Waals surface area contributed by atoms with Crippen LogP contribution in [-0.4, -0.2) is 5.78 Å². The van der Waals surface area contributed by atoms with Crippen LogP contribution in [0.5, 0.6) is 0 Å². The average Bonchev–Trinajstić information content (AvgIpc) is 2.37. The molecule has 0 saturated heterocycles. The fourth-order valence-corrected chi connectivity index (χ4v) is 2.59. The number of carbonyl (C=O) groups excluding carboxylic acids is 1. The number of hydrogen-bond donors (Lipinski definition) is 0. The van der Waals surface area contributed by atoms with Crippen molar-refractivity contribution in [1.82, 2.24) is 0 Å². The van der Waals surface area contributed by atoms with E-state index in [1.165, 1.54) is 0 Å². The first kappa shape index (κ1) is 14.6. The van der Waals surface area contributed by atoms with Gasteiger partial charge < -0.3 is 0 Å². The lowest BCUT2D eigenvalue weighted by Gasteiger charge is -2.06. The predicted molar refractivity (Wildman–Crippen MR) is 83.0 cm³/mol. The Kier molecular flexibility index (Phi) is 5.03. The second-order valence-electron chi connectivity index (χ2n) is 4.22. The molecular formula is C15H11BrCl2O. The second-order valence-corrected chi connectivity index (χ2v) is 5.95. The Balaban J connectivity index is 2.07. The van der Waals surface area contributed by atoms with E-state index in [1.807, 2.05) is 24.3 Å². The third-order valence-electron chi connectivity index (χ3n) is 2.75. The minimum atomic E-state index is 0.0947. The zero-order chi connectivity index (χ0) is 13.8. The van der Waals surface area contributed by atoms with Crippen molar-refractivity contribution in [3.8, 4) is 0 Å². The van der Waals surface area contributed by atoms with Crippen molar-refractivity contribution in [3.05, 3.63) is 68.1 Å². The molecule has 0 aliphatic carbocycles. The minimum Gasteiger partial charge on any atom is -0.299 e. The number of Topliss-reactive ketones (excluding diaryl/α,β-unsaturated/α-hetero) is 1. The van der Waals surface area contributed by atoms with E-state index in [1.54, 1.807) is 18.2 Å². The maximum absolute atomic E-state index is 12.0. The fraction of sp³-hybridized carbons (Fsp3) is 0.133. The molecule has 1 nitrogen and oxygen atoms in total. The number of halogens is 3. The van der Waals surface area contributed by atoms with Crippen molar-refractivity contribution in [2.24, 2.45) is 0 Å². The summed E-state index contributed by atoms with van der Waals surface area (Å²) in [7, 11) is 0. The quantitative estimate of drug-likeness (QED) is 0.743. The normalized spacial score (nSPS) is 10.5. The van der Waals surface area contributed by atoms with Gasteiger partial charge in [-0.05, 0) is 35.4 Å². The molecule has 0 aromatic heterocycles. The Morgan fingerprint density at radius 3 is 2.11 bits per heavy atom. The molecule has 0 radical (unpaired) electrons. The molecule has 0 aliphatic rings. The van der Waals surface area contributed by atoms with E-state index in [4.69, 9.17) is 23.2 Å². The van der Waals surface area contributed by atoms with Crippen LogP contribution in [0.2, 0.25) is 10.0 Å². The maximum Gasteiger partial charge on any atom is 0.141 e. The molecule has 2 aromatic rings. The highest BCUT2D eigenvalue weighted by Crippen LogP contribution is 2.25. The molecule has 2 aromatic carbocycles. The van der Waals surface area contributed by atoms with Crippen LogP contribution in [0.25, 0.3) is 0 Å². The molecule has 0 atom stereocenters. The fourth-order valence-electron chi connectivity index (χ4n) is 1.79. The molecule has 98 valence electrons. The van der Waals surface area contributed by atoms with Gasteiger partial charge in [-0.1, -0.05) is 57.3 Å². The summed E-state index contributed by atoms with van der Waals surface area (Å²) in [5.41, 5.74) is 1.68. The topological polar surface area (TPSA) is 17.1 Å². The van der Waals surface area contributed by atoms with Gasteiger partial charge in [-0.25, -0.2) is 0 Å². The van der Waals surface area contributed by atoms with Crippen LogP contribution in [0.4, 0.5) is 0 Å². The number of carbonyl (C=O) groups is 1. The van der Waals surface area contributed by atoms with Gasteiger partial charge in [0.1, 0.15) is 5.78 Å². The third-order valence-corrected chi connectivity index (χ3v) is 3.99. The summed E-state index contributed by atoms with van der Waals surface area (Å²) in [6, 6.07) is 13.0. The third kappa shape index (κ3) is 4.07. The molecule has 0 saturated carbocycles. The van der Waals surface area contributed by atoms with Crippen LogP contribution < -0.4 is 0 Å². The van der Waals surface area contributed by atoms with E-state index in [-0.39, 0.29) is 12.2 Å². The van der Waals surface area contributed by atoms with Gasteiger partial charge in [0, 0.05) is 27.4 Å². The van der Waals surface area contributed by atoms with Crippen LogP contribution >= 0.6 is 39.1 Å². The van der Waals surface area contributed by atoms with Crippen molar-refractivity contribution >= 4 is 44.9 Å². The molecule has 2 rings (SSSR count). The van der Waals surface area contributed by atoms with Gasteiger partial charge in [-0.3, -0.25) is 4.79 Å². The molecule has 0 spiro atoms. The van der Waals surface area contributed by atoms with Gasteiger partial charge in [0.15, 0.2) is 0 Å². The Bertz CT molecular complexity index is 573. The first-order chi connectivity index (χ1) is 9.06. The maximum atomic E-state index is 12.0. The van der Waals surface area contributed by atoms with Gasteiger partial charge >= 0.3 is 0 Å². The highest BCUT2D eigenvalue weighted by atomic mass is 79.9. The molecule has 0 aliphatic heterocycles. The van der Waals surface area contributed by atoms with Gasteiger partial charge in [-0.15, -0.1) is 0 Å². The largest absolute Gasteiger partial charge is 0.299 e. The number of benzene rings is 2. The zero-order valence-electron chi connectivity index (χ0n) is 10.00. The molecular weight excluding hydrogens is 347 g/mol. The molecule has 0 fully saturated rings. The summed E-state index contributed by atoms with van der Waals surface area (Å²) < 4.78 is 0.998. The van der Waals surface area contributed by atoms with Crippen molar-refractivity contribution in [1.29, 1.82) is 0 Å². The Labute approximate surface area is 130 Å². The van der Waals surface area contributed by atoms with E-state index in [2.05, 4.69) is 15.9 Å². The minimum absolute atomic E-state index is 0.0947. The summed E-state index contributed by atoms with van der Waals surface area (Å²) in [4.78, 5) is 12.0. The molecule has 0 heterocycles. The molecule has 0 N–H and O–H groups in total. The van der Waals surface area contributed by atoms with Gasteiger partial charge in [0.05, 0.1) is 0 Å². The van der Waals surface area contributed by atoms with E-state index in [9.17, 15) is 4.79 Å². The van der Waals surface area contributed by atoms with E-state index < -0.39 is 0 Å². The van der Waals surface area contributed by atoms with Crippen molar-refractivity contribution in [2.75, 3.05) is 0 Å². The molecule has 19 heavy (non-hydrogen) atoms. The average molecular weight is 358 g/mol. The van der Waals surface area contributed by atoms with Crippen LogP contribution in [-0.2, 0) is 17.6 Å². The summed E-state index contributed by atoms with van der Waals surface area (Å²) in [5.74, 6) is 0.0947. The van der Waals surface area contributed by atoms with Crippen LogP contribution in [0, 0.1) is 0 Å². The number of rotatable bonds is 4. The Hall–Kier alpha value is -0.830. The predicted octanol–water partition coefficient (Wildman–Crippen LogP) is 5.11. The highest BCUT2D eigenvalue weighted by molar-refractivity contribution is 9.10. The van der Waals surface area contributed by atoms with Gasteiger partial charge in [-0.2, -0.15) is 0 Å². The lowest BCUT2D eigenvalue weighted by molar-refractivity contribution is -0.117. The lowest BCUT2D eigenvalue weighted by atomic mass is 10.0. The van der Waals surface area contributed by atoms with Crippen molar-refractivity contribution in [3.63, 3.8) is 0 Å².